The van der Waals surface area contributed by atoms with Crippen LogP contribution in [-0.2, 0) is 14.4 Å². The molecular weight excluding hydrogens is 590 g/mol. The molecule has 6 rings (SSSR count). The molecule has 4 aromatic rings. The van der Waals surface area contributed by atoms with E-state index < -0.39 is 17.1 Å². The van der Waals surface area contributed by atoms with Gasteiger partial charge in [0.2, 0.25) is 11.8 Å². The van der Waals surface area contributed by atoms with Crippen LogP contribution in [0.15, 0.2) is 76.6 Å². The van der Waals surface area contributed by atoms with Gasteiger partial charge in [-0.2, -0.15) is 0 Å². The first-order valence-electron chi connectivity index (χ1n) is 13.4. The number of methoxy groups -OCH3 is 2. The monoisotopic (exact) mass is 617 g/mol. The predicted octanol–water partition coefficient (Wildman–Crippen LogP) is 4.58. The fraction of sp³-hybridized carbons (Fsp3) is 0.226. The number of benzene rings is 3. The number of aryl methyl sites for hydroxylation is 1. The summed E-state index contributed by atoms with van der Waals surface area (Å²) in [6.07, 6.45) is 0. The van der Waals surface area contributed by atoms with Gasteiger partial charge in [0.1, 0.15) is 11.0 Å². The van der Waals surface area contributed by atoms with Gasteiger partial charge < -0.3 is 24.5 Å². The highest BCUT2D eigenvalue weighted by Crippen LogP contribution is 2.53. The van der Waals surface area contributed by atoms with E-state index >= 15 is 0 Å². The summed E-state index contributed by atoms with van der Waals surface area (Å²) < 4.78 is 16.6. The number of aromatic amines is 1. The fourth-order valence-electron chi connectivity index (χ4n) is 5.40. The number of carbonyl (C=O) groups excluding carboxylic acids is 3. The highest BCUT2D eigenvalue weighted by atomic mass is 32.2. The summed E-state index contributed by atoms with van der Waals surface area (Å²) in [5.74, 6) is -1.08. The maximum absolute atomic E-state index is 14.0. The summed E-state index contributed by atoms with van der Waals surface area (Å²) in [6, 6.07) is 19.4. The molecule has 12 heteroatoms. The largest absolute Gasteiger partial charge is 0.497 e. The highest BCUT2D eigenvalue weighted by molar-refractivity contribution is 8.00. The lowest BCUT2D eigenvalue weighted by Crippen LogP contribution is -2.32. The maximum atomic E-state index is 14.0. The van der Waals surface area contributed by atoms with Crippen LogP contribution in [-0.4, -0.2) is 48.8 Å². The number of thiazole rings is 1. The maximum Gasteiger partial charge on any atom is 0.305 e. The van der Waals surface area contributed by atoms with E-state index in [1.165, 1.54) is 23.8 Å². The lowest BCUT2D eigenvalue weighted by Gasteiger charge is -2.30. The van der Waals surface area contributed by atoms with Crippen LogP contribution in [0.1, 0.15) is 21.9 Å². The molecule has 3 amide bonds. The lowest BCUT2D eigenvalue weighted by atomic mass is 9.83. The first-order chi connectivity index (χ1) is 20.8. The Balaban J connectivity index is 1.30. The second kappa shape index (κ2) is 11.6. The van der Waals surface area contributed by atoms with Crippen molar-refractivity contribution in [3.8, 4) is 17.2 Å². The van der Waals surface area contributed by atoms with Gasteiger partial charge in [-0.25, -0.2) is 4.90 Å². The third kappa shape index (κ3) is 5.28. The van der Waals surface area contributed by atoms with Crippen molar-refractivity contribution < 1.29 is 28.6 Å². The van der Waals surface area contributed by atoms with Crippen LogP contribution >= 0.6 is 23.1 Å². The third-order valence-corrected chi connectivity index (χ3v) is 9.88. The fourth-order valence-corrected chi connectivity index (χ4v) is 7.92. The predicted molar refractivity (Wildman–Crippen MR) is 164 cm³/mol. The van der Waals surface area contributed by atoms with Gasteiger partial charge in [-0.3, -0.25) is 19.2 Å². The van der Waals surface area contributed by atoms with E-state index in [2.05, 4.69) is 10.3 Å². The SMILES string of the molecule is COc1ccc(N2C(=O)C3Sc4[nH]c(=O)sc4C(c4ccc(OCC(=O)Nc5ccccc5C)c(OC)c4)C3C2=O)cc1. The topological polar surface area (TPSA) is 127 Å². The van der Waals surface area contributed by atoms with Gasteiger partial charge in [0.25, 0.3) is 5.91 Å². The normalized spacial score (nSPS) is 19.0. The van der Waals surface area contributed by atoms with Gasteiger partial charge in [0.15, 0.2) is 18.1 Å². The minimum atomic E-state index is -0.755. The van der Waals surface area contributed by atoms with Crippen molar-refractivity contribution in [3.63, 3.8) is 0 Å². The summed E-state index contributed by atoms with van der Waals surface area (Å²) in [7, 11) is 3.02. The molecule has 3 aromatic carbocycles. The number of ether oxygens (including phenoxy) is 3. The lowest BCUT2D eigenvalue weighted by molar-refractivity contribution is -0.122. The molecule has 0 bridgehead atoms. The summed E-state index contributed by atoms with van der Waals surface area (Å²) in [5, 5.41) is 2.68. The molecule has 43 heavy (non-hydrogen) atoms. The minimum absolute atomic E-state index is 0.248. The minimum Gasteiger partial charge on any atom is -0.497 e. The van der Waals surface area contributed by atoms with Gasteiger partial charge >= 0.3 is 4.87 Å². The van der Waals surface area contributed by atoms with Crippen molar-refractivity contribution in [3.05, 3.63) is 92.4 Å². The number of thioether (sulfide) groups is 1. The summed E-state index contributed by atoms with van der Waals surface area (Å²) in [4.78, 5) is 57.1. The van der Waals surface area contributed by atoms with E-state index in [1.807, 2.05) is 31.2 Å². The van der Waals surface area contributed by atoms with Crippen LogP contribution in [0, 0.1) is 12.8 Å². The van der Waals surface area contributed by atoms with Crippen LogP contribution in [0.4, 0.5) is 11.4 Å². The molecule has 2 N–H and O–H groups in total. The van der Waals surface area contributed by atoms with Crippen LogP contribution in [0.2, 0.25) is 0 Å². The third-order valence-electron chi connectivity index (χ3n) is 7.48. The van der Waals surface area contributed by atoms with Gasteiger partial charge in [0, 0.05) is 16.5 Å². The van der Waals surface area contributed by atoms with Crippen LogP contribution in [0.3, 0.4) is 0 Å². The molecular formula is C31H27N3O7S2. The Labute approximate surface area is 255 Å². The van der Waals surface area contributed by atoms with Crippen LogP contribution in [0.5, 0.6) is 17.2 Å². The van der Waals surface area contributed by atoms with Crippen molar-refractivity contribution in [2.75, 3.05) is 31.0 Å². The van der Waals surface area contributed by atoms with Crippen molar-refractivity contribution in [1.29, 1.82) is 0 Å². The molecule has 0 aliphatic carbocycles. The van der Waals surface area contributed by atoms with Crippen molar-refractivity contribution in [1.82, 2.24) is 4.98 Å². The quantitative estimate of drug-likeness (QED) is 0.275. The zero-order valence-corrected chi connectivity index (χ0v) is 25.0. The van der Waals surface area contributed by atoms with Crippen molar-refractivity contribution in [2.45, 2.75) is 23.1 Å². The number of hydrogen-bond acceptors (Lipinski definition) is 9. The Hall–Kier alpha value is -4.55. The Morgan fingerprint density at radius 2 is 1.72 bits per heavy atom. The Morgan fingerprint density at radius 1 is 0.953 bits per heavy atom. The molecule has 0 spiro atoms. The molecule has 1 saturated heterocycles. The average Bonchev–Trinajstić information content (AvgIpc) is 3.51. The van der Waals surface area contributed by atoms with E-state index in [0.29, 0.717) is 44.1 Å². The number of nitrogens with zero attached hydrogens (tertiary/aromatic N) is 1. The van der Waals surface area contributed by atoms with Gasteiger partial charge in [0.05, 0.1) is 30.9 Å². The molecule has 3 unspecified atom stereocenters. The van der Waals surface area contributed by atoms with E-state index in [-0.39, 0.29) is 29.2 Å². The zero-order chi connectivity index (χ0) is 30.2. The van der Waals surface area contributed by atoms with Crippen LogP contribution < -0.4 is 29.3 Å². The van der Waals surface area contributed by atoms with E-state index in [1.54, 1.807) is 49.6 Å². The van der Waals surface area contributed by atoms with E-state index in [9.17, 15) is 19.2 Å². The second-order valence-electron chi connectivity index (χ2n) is 10.0. The van der Waals surface area contributed by atoms with Gasteiger partial charge in [-0.05, 0) is 60.5 Å². The number of carbonyl (C=O) groups is 3. The number of imide groups is 1. The van der Waals surface area contributed by atoms with Crippen LogP contribution in [0.25, 0.3) is 0 Å². The van der Waals surface area contributed by atoms with Gasteiger partial charge in [-0.1, -0.05) is 47.4 Å². The number of aromatic nitrogens is 1. The molecule has 3 heterocycles. The summed E-state index contributed by atoms with van der Waals surface area (Å²) in [5.41, 5.74) is 2.76. The van der Waals surface area contributed by atoms with Crippen molar-refractivity contribution in [2.24, 2.45) is 5.92 Å². The molecule has 10 nitrogen and oxygen atoms in total. The molecule has 0 radical (unpaired) electrons. The molecule has 3 atom stereocenters. The zero-order valence-electron chi connectivity index (χ0n) is 23.4. The molecule has 2 aliphatic rings. The molecule has 0 saturated carbocycles. The second-order valence-corrected chi connectivity index (χ2v) is 12.2. The Kier molecular flexibility index (Phi) is 7.72. The molecule has 1 aromatic heterocycles. The molecule has 220 valence electrons. The standard InChI is InChI=1S/C31H27N3O7S2/c1-16-6-4-5-7-20(16)32-23(35)15-41-21-13-8-17(14-22(21)40-3)24-25-27(42-28-26(24)43-31(38)33-28)30(37)34(29(25)36)18-9-11-19(39-2)12-10-18/h4-14,24-25,27H,15H2,1-3H3,(H,32,35)(H,33,38). The van der Waals surface area contributed by atoms with E-state index in [0.717, 1.165) is 16.9 Å². The Morgan fingerprint density at radius 3 is 2.44 bits per heavy atom. The summed E-state index contributed by atoms with van der Waals surface area (Å²) in [6.45, 7) is 1.65. The first kappa shape index (κ1) is 28.6. The number of nitrogens with one attached hydrogen (secondary N) is 2. The smallest absolute Gasteiger partial charge is 0.305 e. The van der Waals surface area contributed by atoms with Gasteiger partial charge in [-0.15, -0.1) is 0 Å². The number of hydrogen-bond donors (Lipinski definition) is 2. The number of para-hydroxylation sites is 1. The number of anilines is 2. The Bertz CT molecular complexity index is 1780. The first-order valence-corrected chi connectivity index (χ1v) is 15.1. The number of amides is 3. The number of fused-ring (bicyclic) bond motifs is 2. The van der Waals surface area contributed by atoms with Crippen molar-refractivity contribution >= 4 is 52.2 Å². The van der Waals surface area contributed by atoms with E-state index in [4.69, 9.17) is 14.2 Å². The number of rotatable bonds is 8. The number of H-pyrrole nitrogens is 1. The molecule has 1 fully saturated rings. The molecule has 2 aliphatic heterocycles. The average molecular weight is 618 g/mol. The summed E-state index contributed by atoms with van der Waals surface area (Å²) >= 11 is 2.23. The highest BCUT2D eigenvalue weighted by Gasteiger charge is 2.56.